The molecular formula is C24H29ClN4O3S. The number of fused-ring (bicyclic) bond motifs is 2. The van der Waals surface area contributed by atoms with Crippen molar-refractivity contribution in [2.24, 2.45) is 0 Å². The van der Waals surface area contributed by atoms with Gasteiger partial charge in [0.15, 0.2) is 10.7 Å². The Kier molecular flexibility index (Phi) is 7.94. The molecule has 0 atom stereocenters. The molecule has 1 amide bonds. The molecule has 2 aromatic heterocycles. The van der Waals surface area contributed by atoms with E-state index >= 15 is 0 Å². The van der Waals surface area contributed by atoms with Gasteiger partial charge in [0.1, 0.15) is 6.54 Å². The normalized spacial score (nSPS) is 11.3. The zero-order chi connectivity index (χ0) is 22.8. The summed E-state index contributed by atoms with van der Waals surface area (Å²) in [5, 5.41) is 0.659. The van der Waals surface area contributed by atoms with Crippen LogP contribution in [0.25, 0.3) is 21.3 Å². The molecule has 0 fully saturated rings. The van der Waals surface area contributed by atoms with Gasteiger partial charge < -0.3 is 9.32 Å². The molecule has 7 nitrogen and oxygen atoms in total. The third-order valence-corrected chi connectivity index (χ3v) is 6.97. The lowest BCUT2D eigenvalue weighted by Gasteiger charge is -2.24. The van der Waals surface area contributed by atoms with Crippen LogP contribution in [0, 0.1) is 13.8 Å². The number of hydrogen-bond acceptors (Lipinski definition) is 6. The smallest absolute Gasteiger partial charge is 0.408 e. The van der Waals surface area contributed by atoms with E-state index in [1.54, 1.807) is 23.1 Å². The van der Waals surface area contributed by atoms with Crippen LogP contribution in [0.3, 0.4) is 0 Å². The van der Waals surface area contributed by atoms with Crippen molar-refractivity contribution in [2.75, 3.05) is 31.1 Å². The Morgan fingerprint density at radius 3 is 2.58 bits per heavy atom. The fourth-order valence-electron chi connectivity index (χ4n) is 3.97. The van der Waals surface area contributed by atoms with Gasteiger partial charge in [0.2, 0.25) is 5.91 Å². The maximum absolute atomic E-state index is 13.5. The number of hydrogen-bond donors (Lipinski definition) is 0. The van der Waals surface area contributed by atoms with Gasteiger partial charge in [-0.2, -0.15) is 0 Å². The molecule has 0 aliphatic heterocycles. The summed E-state index contributed by atoms with van der Waals surface area (Å²) in [5.41, 5.74) is 4.28. The second-order valence-corrected chi connectivity index (χ2v) is 8.90. The molecule has 0 saturated carbocycles. The number of carbonyl (C=O) groups excluding carboxylic acids is 1. The maximum Gasteiger partial charge on any atom is 0.420 e. The third kappa shape index (κ3) is 5.13. The Morgan fingerprint density at radius 1 is 1.12 bits per heavy atom. The molecule has 0 radical (unpaired) electrons. The quantitative estimate of drug-likeness (QED) is 0.362. The summed E-state index contributed by atoms with van der Waals surface area (Å²) >= 11 is 1.52. The van der Waals surface area contributed by atoms with E-state index in [-0.39, 0.29) is 24.9 Å². The lowest BCUT2D eigenvalue weighted by molar-refractivity contribution is -0.119. The molecular weight excluding hydrogens is 460 g/mol. The largest absolute Gasteiger partial charge is 0.420 e. The first-order chi connectivity index (χ1) is 15.4. The van der Waals surface area contributed by atoms with Gasteiger partial charge in [-0.25, -0.2) is 9.78 Å². The summed E-state index contributed by atoms with van der Waals surface area (Å²) in [4.78, 5) is 34.7. The zero-order valence-electron chi connectivity index (χ0n) is 19.3. The second kappa shape index (κ2) is 10.5. The van der Waals surface area contributed by atoms with E-state index < -0.39 is 5.76 Å². The number of oxazole rings is 1. The minimum Gasteiger partial charge on any atom is -0.408 e. The van der Waals surface area contributed by atoms with Crippen LogP contribution in [0.2, 0.25) is 0 Å². The van der Waals surface area contributed by atoms with Gasteiger partial charge in [0, 0.05) is 13.1 Å². The molecule has 2 aromatic carbocycles. The average molecular weight is 489 g/mol. The van der Waals surface area contributed by atoms with E-state index in [0.29, 0.717) is 22.8 Å². The first kappa shape index (κ1) is 25.0. The highest BCUT2D eigenvalue weighted by atomic mass is 35.5. The van der Waals surface area contributed by atoms with Crippen molar-refractivity contribution < 1.29 is 9.21 Å². The summed E-state index contributed by atoms with van der Waals surface area (Å²) in [6.07, 6.45) is 0. The first-order valence-electron chi connectivity index (χ1n) is 10.9. The van der Waals surface area contributed by atoms with E-state index in [0.717, 1.165) is 41.0 Å². The van der Waals surface area contributed by atoms with E-state index in [1.807, 2.05) is 19.1 Å². The molecule has 0 bridgehead atoms. The van der Waals surface area contributed by atoms with Crippen LogP contribution in [-0.2, 0) is 11.3 Å². The number of amides is 1. The molecule has 2 heterocycles. The van der Waals surface area contributed by atoms with E-state index in [1.165, 1.54) is 15.9 Å². The minimum atomic E-state index is -0.529. The monoisotopic (exact) mass is 488 g/mol. The molecule has 0 aliphatic carbocycles. The molecule has 176 valence electrons. The van der Waals surface area contributed by atoms with Gasteiger partial charge in [0.25, 0.3) is 0 Å². The first-order valence-corrected chi connectivity index (χ1v) is 11.7. The number of rotatable bonds is 8. The van der Waals surface area contributed by atoms with Crippen molar-refractivity contribution in [3.8, 4) is 0 Å². The second-order valence-electron chi connectivity index (χ2n) is 7.92. The highest BCUT2D eigenvalue weighted by molar-refractivity contribution is 7.22. The topological polar surface area (TPSA) is 71.6 Å². The van der Waals surface area contributed by atoms with Crippen LogP contribution < -0.4 is 10.7 Å². The lowest BCUT2D eigenvalue weighted by atomic mass is 10.1. The average Bonchev–Trinajstić information content (AvgIpc) is 3.32. The SMILES string of the molecule is CCN(CC)CCN(C(=O)Cn1c(=O)oc2ccccc21)c1nc2cc(C)cc(C)c2s1.Cl. The number of halogens is 1. The summed E-state index contributed by atoms with van der Waals surface area (Å²) in [5.74, 6) is -0.710. The summed E-state index contributed by atoms with van der Waals surface area (Å²) in [6, 6.07) is 11.3. The summed E-state index contributed by atoms with van der Waals surface area (Å²) in [7, 11) is 0. The molecule has 4 aromatic rings. The number of nitrogens with zero attached hydrogens (tertiary/aromatic N) is 4. The molecule has 0 spiro atoms. The van der Waals surface area contributed by atoms with Crippen LogP contribution in [0.15, 0.2) is 45.6 Å². The summed E-state index contributed by atoms with van der Waals surface area (Å²) in [6.45, 7) is 11.3. The number of anilines is 1. The number of likely N-dealkylation sites (N-methyl/N-ethyl adjacent to an activating group) is 1. The van der Waals surface area contributed by atoms with Gasteiger partial charge >= 0.3 is 5.76 Å². The van der Waals surface area contributed by atoms with Gasteiger partial charge in [0.05, 0.1) is 15.7 Å². The standard InChI is InChI=1S/C24H28N4O3S.ClH/c1-5-26(6-2)11-12-27(23-25-18-14-16(3)13-17(4)22(18)32-23)21(29)15-28-19-9-7-8-10-20(19)31-24(28)30;/h7-10,13-14H,5-6,11-12,15H2,1-4H3;1H. The number of carbonyl (C=O) groups is 1. The third-order valence-electron chi connectivity index (χ3n) is 5.74. The predicted octanol–water partition coefficient (Wildman–Crippen LogP) is 4.62. The Morgan fingerprint density at radius 2 is 1.85 bits per heavy atom. The zero-order valence-corrected chi connectivity index (χ0v) is 21.0. The molecule has 4 rings (SSSR count). The molecule has 0 aliphatic rings. The maximum atomic E-state index is 13.5. The number of benzene rings is 2. The van der Waals surface area contributed by atoms with Crippen LogP contribution in [-0.4, -0.2) is 46.5 Å². The predicted molar refractivity (Wildman–Crippen MR) is 137 cm³/mol. The lowest BCUT2D eigenvalue weighted by Crippen LogP contribution is -2.41. The van der Waals surface area contributed by atoms with E-state index in [9.17, 15) is 9.59 Å². The van der Waals surface area contributed by atoms with Gasteiger partial charge in [-0.15, -0.1) is 12.4 Å². The van der Waals surface area contributed by atoms with Crippen LogP contribution in [0.4, 0.5) is 5.13 Å². The number of aromatic nitrogens is 2. The molecule has 0 unspecified atom stereocenters. The fourth-order valence-corrected chi connectivity index (χ4v) is 5.03. The highest BCUT2D eigenvalue weighted by Gasteiger charge is 2.23. The molecule has 0 N–H and O–H groups in total. The van der Waals surface area contributed by atoms with Crippen molar-refractivity contribution in [3.63, 3.8) is 0 Å². The fraction of sp³-hybridized carbons (Fsp3) is 0.375. The van der Waals surface area contributed by atoms with Gasteiger partial charge in [-0.3, -0.25) is 14.3 Å². The van der Waals surface area contributed by atoms with Crippen LogP contribution in [0.1, 0.15) is 25.0 Å². The minimum absolute atomic E-state index is 0. The van der Waals surface area contributed by atoms with E-state index in [2.05, 4.69) is 31.7 Å². The van der Waals surface area contributed by atoms with Crippen molar-refractivity contribution in [1.82, 2.24) is 14.5 Å². The highest BCUT2D eigenvalue weighted by Crippen LogP contribution is 2.32. The Hall–Kier alpha value is -2.68. The number of thiazole rings is 1. The Bertz CT molecular complexity index is 1320. The van der Waals surface area contributed by atoms with Crippen molar-refractivity contribution >= 4 is 56.1 Å². The number of aryl methyl sites for hydroxylation is 2. The van der Waals surface area contributed by atoms with Gasteiger partial charge in [-0.05, 0) is 56.3 Å². The Balaban J connectivity index is 0.00000306. The van der Waals surface area contributed by atoms with Crippen molar-refractivity contribution in [2.45, 2.75) is 34.2 Å². The van der Waals surface area contributed by atoms with Gasteiger partial charge in [-0.1, -0.05) is 43.4 Å². The molecule has 33 heavy (non-hydrogen) atoms. The van der Waals surface area contributed by atoms with Crippen molar-refractivity contribution in [3.05, 3.63) is 58.1 Å². The summed E-state index contributed by atoms with van der Waals surface area (Å²) < 4.78 is 7.79. The van der Waals surface area contributed by atoms with Crippen molar-refractivity contribution in [1.29, 1.82) is 0 Å². The number of para-hydroxylation sites is 2. The Labute approximate surface area is 203 Å². The van der Waals surface area contributed by atoms with Crippen LogP contribution >= 0.6 is 23.7 Å². The van der Waals surface area contributed by atoms with E-state index in [4.69, 9.17) is 9.40 Å². The molecule has 9 heteroatoms. The molecule has 0 saturated heterocycles. The van der Waals surface area contributed by atoms with Crippen LogP contribution in [0.5, 0.6) is 0 Å².